The largest absolute Gasteiger partial charge is 0.0620 e. The Morgan fingerprint density at radius 1 is 1.38 bits per heavy atom. The summed E-state index contributed by atoms with van der Waals surface area (Å²) in [5, 5.41) is 0. The lowest BCUT2D eigenvalue weighted by Crippen LogP contribution is -2.13. The van der Waals surface area contributed by atoms with Crippen LogP contribution in [0.4, 0.5) is 0 Å². The number of rotatable bonds is 0. The molecule has 0 aromatic rings. The van der Waals surface area contributed by atoms with Gasteiger partial charge in [-0.3, -0.25) is 0 Å². The van der Waals surface area contributed by atoms with Crippen molar-refractivity contribution in [3.63, 3.8) is 0 Å². The van der Waals surface area contributed by atoms with Gasteiger partial charge < -0.3 is 0 Å². The van der Waals surface area contributed by atoms with Crippen molar-refractivity contribution >= 4 is 0 Å². The SMILES string of the molecule is CC1CCCC1(C)C. The van der Waals surface area contributed by atoms with Gasteiger partial charge in [0, 0.05) is 0 Å². The molecule has 1 unspecified atom stereocenters. The van der Waals surface area contributed by atoms with E-state index in [1.807, 2.05) is 0 Å². The van der Waals surface area contributed by atoms with Crippen LogP contribution in [0.1, 0.15) is 40.0 Å². The fourth-order valence-electron chi connectivity index (χ4n) is 1.50. The van der Waals surface area contributed by atoms with Gasteiger partial charge in [0.05, 0.1) is 0 Å². The summed E-state index contributed by atoms with van der Waals surface area (Å²) in [6, 6.07) is 0. The second-order valence-electron chi connectivity index (χ2n) is 3.78. The molecule has 0 spiro atoms. The summed E-state index contributed by atoms with van der Waals surface area (Å²) < 4.78 is 0. The number of hydrogen-bond donors (Lipinski definition) is 0. The van der Waals surface area contributed by atoms with E-state index in [1.54, 1.807) is 0 Å². The van der Waals surface area contributed by atoms with Gasteiger partial charge in [-0.05, 0) is 17.8 Å². The molecule has 1 saturated carbocycles. The zero-order valence-corrected chi connectivity index (χ0v) is 6.20. The number of hydrogen-bond acceptors (Lipinski definition) is 0. The molecular formula is C8H16. The molecular weight excluding hydrogens is 96.1 g/mol. The van der Waals surface area contributed by atoms with Gasteiger partial charge in [-0.1, -0.05) is 33.6 Å². The molecule has 0 aromatic carbocycles. The molecule has 1 rings (SSSR count). The first-order valence-corrected chi connectivity index (χ1v) is 3.63. The molecule has 0 radical (unpaired) electrons. The maximum absolute atomic E-state index is 2.38. The third-order valence-electron chi connectivity index (χ3n) is 2.79. The monoisotopic (exact) mass is 112 g/mol. The van der Waals surface area contributed by atoms with Gasteiger partial charge in [0.2, 0.25) is 0 Å². The van der Waals surface area contributed by atoms with Crippen LogP contribution in [0, 0.1) is 11.3 Å². The Kier molecular flexibility index (Phi) is 1.34. The molecule has 0 aromatic heterocycles. The molecule has 0 heteroatoms. The lowest BCUT2D eigenvalue weighted by molar-refractivity contribution is 0.281. The van der Waals surface area contributed by atoms with Gasteiger partial charge in [-0.25, -0.2) is 0 Å². The van der Waals surface area contributed by atoms with Crippen molar-refractivity contribution in [2.24, 2.45) is 11.3 Å². The Bertz CT molecular complexity index is 82.0. The summed E-state index contributed by atoms with van der Waals surface area (Å²) in [6.45, 7) is 7.13. The molecule has 1 atom stereocenters. The molecule has 1 aliphatic carbocycles. The third kappa shape index (κ3) is 0.888. The molecule has 8 heavy (non-hydrogen) atoms. The van der Waals surface area contributed by atoms with Gasteiger partial charge >= 0.3 is 0 Å². The van der Waals surface area contributed by atoms with Crippen molar-refractivity contribution in [1.82, 2.24) is 0 Å². The van der Waals surface area contributed by atoms with E-state index in [4.69, 9.17) is 0 Å². The molecule has 0 saturated heterocycles. The van der Waals surface area contributed by atoms with Crippen molar-refractivity contribution in [3.05, 3.63) is 0 Å². The first-order chi connectivity index (χ1) is 3.63. The van der Waals surface area contributed by atoms with Crippen LogP contribution < -0.4 is 0 Å². The fourth-order valence-corrected chi connectivity index (χ4v) is 1.50. The third-order valence-corrected chi connectivity index (χ3v) is 2.79. The van der Waals surface area contributed by atoms with Crippen molar-refractivity contribution in [1.29, 1.82) is 0 Å². The van der Waals surface area contributed by atoms with Crippen LogP contribution in [0.5, 0.6) is 0 Å². The second kappa shape index (κ2) is 1.75. The summed E-state index contributed by atoms with van der Waals surface area (Å²) in [5.74, 6) is 0.961. The molecule has 1 fully saturated rings. The first kappa shape index (κ1) is 6.12. The van der Waals surface area contributed by atoms with E-state index in [1.165, 1.54) is 19.3 Å². The summed E-state index contributed by atoms with van der Waals surface area (Å²) in [7, 11) is 0. The molecule has 0 bridgehead atoms. The van der Waals surface area contributed by atoms with E-state index in [0.717, 1.165) is 5.92 Å². The van der Waals surface area contributed by atoms with Crippen LogP contribution in [0.15, 0.2) is 0 Å². The van der Waals surface area contributed by atoms with Gasteiger partial charge in [0.25, 0.3) is 0 Å². The van der Waals surface area contributed by atoms with Crippen molar-refractivity contribution in [3.8, 4) is 0 Å². The molecule has 0 aliphatic heterocycles. The van der Waals surface area contributed by atoms with Crippen LogP contribution in [-0.4, -0.2) is 0 Å². The molecule has 1 aliphatic rings. The average Bonchev–Trinajstić information content (AvgIpc) is 1.86. The highest BCUT2D eigenvalue weighted by Gasteiger charge is 2.30. The van der Waals surface area contributed by atoms with Crippen LogP contribution in [0.25, 0.3) is 0 Å². The maximum Gasteiger partial charge on any atom is -0.0329 e. The summed E-state index contributed by atoms with van der Waals surface area (Å²) in [4.78, 5) is 0. The van der Waals surface area contributed by atoms with E-state index in [9.17, 15) is 0 Å². The quantitative estimate of drug-likeness (QED) is 0.452. The Hall–Kier alpha value is 0. The van der Waals surface area contributed by atoms with Crippen molar-refractivity contribution in [2.45, 2.75) is 40.0 Å². The van der Waals surface area contributed by atoms with E-state index in [0.29, 0.717) is 5.41 Å². The lowest BCUT2D eigenvalue weighted by atomic mass is 9.83. The zero-order chi connectivity index (χ0) is 6.20. The van der Waals surface area contributed by atoms with Crippen LogP contribution in [0.3, 0.4) is 0 Å². The van der Waals surface area contributed by atoms with E-state index >= 15 is 0 Å². The van der Waals surface area contributed by atoms with Gasteiger partial charge in [0.15, 0.2) is 0 Å². The van der Waals surface area contributed by atoms with Crippen molar-refractivity contribution in [2.75, 3.05) is 0 Å². The normalized spacial score (nSPS) is 35.6. The van der Waals surface area contributed by atoms with Crippen molar-refractivity contribution < 1.29 is 0 Å². The van der Waals surface area contributed by atoms with Gasteiger partial charge in [-0.2, -0.15) is 0 Å². The topological polar surface area (TPSA) is 0 Å². The minimum Gasteiger partial charge on any atom is -0.0620 e. The Balaban J connectivity index is 2.54. The highest BCUT2D eigenvalue weighted by molar-refractivity contribution is 4.81. The van der Waals surface area contributed by atoms with Crippen LogP contribution in [-0.2, 0) is 0 Å². The van der Waals surface area contributed by atoms with Crippen LogP contribution in [0.2, 0.25) is 0 Å². The summed E-state index contributed by atoms with van der Waals surface area (Å²) in [5.41, 5.74) is 0.653. The summed E-state index contributed by atoms with van der Waals surface area (Å²) >= 11 is 0. The Morgan fingerprint density at radius 2 is 2.00 bits per heavy atom. The molecule has 48 valence electrons. The first-order valence-electron chi connectivity index (χ1n) is 3.63. The Labute approximate surface area is 52.3 Å². The molecule has 0 heterocycles. The zero-order valence-electron chi connectivity index (χ0n) is 6.20. The van der Waals surface area contributed by atoms with Gasteiger partial charge in [0.1, 0.15) is 0 Å². The van der Waals surface area contributed by atoms with E-state index in [-0.39, 0.29) is 0 Å². The molecule has 0 nitrogen and oxygen atoms in total. The maximum atomic E-state index is 2.38. The highest BCUT2D eigenvalue weighted by Crippen LogP contribution is 2.41. The Morgan fingerprint density at radius 3 is 2.12 bits per heavy atom. The summed E-state index contributed by atoms with van der Waals surface area (Å²) in [6.07, 6.45) is 4.34. The molecule has 0 N–H and O–H groups in total. The predicted molar refractivity (Wildman–Crippen MR) is 36.8 cm³/mol. The second-order valence-corrected chi connectivity index (χ2v) is 3.78. The lowest BCUT2D eigenvalue weighted by Gasteiger charge is -2.22. The smallest absolute Gasteiger partial charge is 0.0329 e. The minimum absolute atomic E-state index is 0.653. The fraction of sp³-hybridized carbons (Fsp3) is 1.00. The molecule has 0 amide bonds. The van der Waals surface area contributed by atoms with Crippen LogP contribution >= 0.6 is 0 Å². The van der Waals surface area contributed by atoms with Gasteiger partial charge in [-0.15, -0.1) is 0 Å². The van der Waals surface area contributed by atoms with E-state index < -0.39 is 0 Å². The van der Waals surface area contributed by atoms with E-state index in [2.05, 4.69) is 20.8 Å². The highest BCUT2D eigenvalue weighted by atomic mass is 14.4. The minimum atomic E-state index is 0.653. The average molecular weight is 112 g/mol. The standard InChI is InChI=1S/C8H16/c1-7-5-4-6-8(7,2)3/h7H,4-6H2,1-3H3. The predicted octanol–water partition coefficient (Wildman–Crippen LogP) is 2.83.